The summed E-state index contributed by atoms with van der Waals surface area (Å²) in [5.41, 5.74) is -0.387. The van der Waals surface area contributed by atoms with Crippen molar-refractivity contribution in [1.82, 2.24) is 0 Å². The lowest BCUT2D eigenvalue weighted by molar-refractivity contribution is -0.137. The maximum Gasteiger partial charge on any atom is 0.416 e. The molecule has 0 aliphatic rings. The third-order valence-corrected chi connectivity index (χ3v) is 3.19. The van der Waals surface area contributed by atoms with Crippen molar-refractivity contribution >= 4 is 27.5 Å². The molecule has 0 aromatic heterocycles. The third kappa shape index (κ3) is 4.03. The second kappa shape index (κ2) is 5.53. The zero-order valence-corrected chi connectivity index (χ0v) is 10.6. The molecule has 0 heterocycles. The summed E-state index contributed by atoms with van der Waals surface area (Å²) in [6.07, 6.45) is -3.75. The summed E-state index contributed by atoms with van der Waals surface area (Å²) in [7, 11) is 0. The molecule has 0 fully saturated rings. The first-order valence-corrected chi connectivity index (χ1v) is 5.88. The van der Waals surface area contributed by atoms with Crippen LogP contribution in [0.1, 0.15) is 18.9 Å². The molecule has 1 N–H and O–H groups in total. The number of anilines is 1. The molecule has 17 heavy (non-hydrogen) atoms. The van der Waals surface area contributed by atoms with Gasteiger partial charge in [-0.3, -0.25) is 4.79 Å². The zero-order chi connectivity index (χ0) is 13.1. The minimum Gasteiger partial charge on any atom is -0.325 e. The molecule has 0 aliphatic heterocycles. The van der Waals surface area contributed by atoms with Gasteiger partial charge in [-0.1, -0.05) is 22.9 Å². The number of alkyl halides is 4. The first-order chi connectivity index (χ1) is 7.84. The van der Waals surface area contributed by atoms with Crippen LogP contribution in [0.5, 0.6) is 0 Å². The van der Waals surface area contributed by atoms with Gasteiger partial charge in [-0.05, 0) is 30.7 Å². The van der Waals surface area contributed by atoms with Crippen LogP contribution in [0, 0.1) is 0 Å². The van der Waals surface area contributed by atoms with Gasteiger partial charge >= 0.3 is 6.18 Å². The van der Waals surface area contributed by atoms with Gasteiger partial charge < -0.3 is 5.32 Å². The number of hydrogen-bond acceptors (Lipinski definition) is 1. The Labute approximate surface area is 105 Å². The average Bonchev–Trinajstić information content (AvgIpc) is 2.27. The van der Waals surface area contributed by atoms with Crippen LogP contribution in [0.25, 0.3) is 0 Å². The van der Waals surface area contributed by atoms with Crippen LogP contribution in [0.4, 0.5) is 18.9 Å². The summed E-state index contributed by atoms with van der Waals surface area (Å²) in [4.78, 5) is 11.1. The van der Waals surface area contributed by atoms with Gasteiger partial charge in [-0.25, -0.2) is 0 Å². The minimum absolute atomic E-state index is 0.271. The Balaban J connectivity index is 2.73. The van der Waals surface area contributed by atoms with Crippen LogP contribution in [0.3, 0.4) is 0 Å². The van der Waals surface area contributed by atoms with Crippen molar-refractivity contribution in [3.63, 3.8) is 0 Å². The molecule has 2 nitrogen and oxygen atoms in total. The third-order valence-electron chi connectivity index (χ3n) is 2.12. The van der Waals surface area contributed by atoms with Gasteiger partial charge in [0, 0.05) is 5.69 Å². The minimum atomic E-state index is -4.36. The summed E-state index contributed by atoms with van der Waals surface area (Å²) in [6, 6.07) is 4.34. The van der Waals surface area contributed by atoms with Crippen molar-refractivity contribution in [3.8, 4) is 0 Å². The summed E-state index contributed by atoms with van der Waals surface area (Å²) < 4.78 is 36.8. The largest absolute Gasteiger partial charge is 0.416 e. The lowest BCUT2D eigenvalue weighted by atomic mass is 10.2. The van der Waals surface area contributed by atoms with E-state index in [9.17, 15) is 18.0 Å². The molecule has 1 unspecified atom stereocenters. The van der Waals surface area contributed by atoms with Crippen molar-refractivity contribution in [2.45, 2.75) is 24.3 Å². The quantitative estimate of drug-likeness (QED) is 0.845. The highest BCUT2D eigenvalue weighted by atomic mass is 79.9. The number of benzene rings is 1. The summed E-state index contributed by atoms with van der Waals surface area (Å²) in [5, 5.41) is 2.52. The molecule has 0 radical (unpaired) electrons. The normalized spacial score (nSPS) is 13.2. The highest BCUT2D eigenvalue weighted by Crippen LogP contribution is 2.29. The number of rotatable bonds is 3. The van der Waals surface area contributed by atoms with E-state index in [1.165, 1.54) is 12.1 Å². The highest BCUT2D eigenvalue weighted by molar-refractivity contribution is 9.10. The molecule has 6 heteroatoms. The molecule has 1 amide bonds. The van der Waals surface area contributed by atoms with E-state index in [2.05, 4.69) is 21.2 Å². The van der Waals surface area contributed by atoms with Gasteiger partial charge in [-0.2, -0.15) is 13.2 Å². The Morgan fingerprint density at radius 2 is 1.88 bits per heavy atom. The number of carbonyl (C=O) groups excluding carboxylic acids is 1. The second-order valence-corrected chi connectivity index (χ2v) is 4.55. The molecule has 0 spiro atoms. The van der Waals surface area contributed by atoms with E-state index in [0.29, 0.717) is 12.1 Å². The average molecular weight is 310 g/mol. The van der Waals surface area contributed by atoms with Gasteiger partial charge in [-0.15, -0.1) is 0 Å². The Morgan fingerprint density at radius 1 is 1.35 bits per heavy atom. The topological polar surface area (TPSA) is 29.1 Å². The first-order valence-electron chi connectivity index (χ1n) is 4.96. The van der Waals surface area contributed by atoms with E-state index in [1.807, 2.05) is 6.92 Å². The van der Waals surface area contributed by atoms with E-state index in [1.54, 1.807) is 0 Å². The fourth-order valence-electron chi connectivity index (χ4n) is 1.15. The van der Waals surface area contributed by atoms with Gasteiger partial charge in [0.05, 0.1) is 10.4 Å². The van der Waals surface area contributed by atoms with Crippen LogP contribution >= 0.6 is 15.9 Å². The molecule has 94 valence electrons. The molecule has 1 atom stereocenters. The number of hydrogen-bond donors (Lipinski definition) is 1. The fourth-order valence-corrected chi connectivity index (χ4v) is 1.26. The Kier molecular flexibility index (Phi) is 4.56. The lowest BCUT2D eigenvalue weighted by Gasteiger charge is -2.10. The standard InChI is InChI=1S/C11H11BrF3NO/c1-2-9(12)10(17)16-8-5-3-7(4-6-8)11(13,14)15/h3-6,9H,2H2,1H3,(H,16,17). The van der Waals surface area contributed by atoms with Crippen LogP contribution in [0.15, 0.2) is 24.3 Å². The number of nitrogens with one attached hydrogen (secondary N) is 1. The van der Waals surface area contributed by atoms with Gasteiger partial charge in [0.1, 0.15) is 0 Å². The van der Waals surface area contributed by atoms with E-state index in [0.717, 1.165) is 12.1 Å². The summed E-state index contributed by atoms with van der Waals surface area (Å²) >= 11 is 3.15. The van der Waals surface area contributed by atoms with E-state index >= 15 is 0 Å². The number of carbonyl (C=O) groups is 1. The zero-order valence-electron chi connectivity index (χ0n) is 9.01. The Morgan fingerprint density at radius 3 is 2.29 bits per heavy atom. The van der Waals surface area contributed by atoms with Crippen molar-refractivity contribution in [3.05, 3.63) is 29.8 Å². The van der Waals surface area contributed by atoms with E-state index < -0.39 is 11.7 Å². The predicted octanol–water partition coefficient (Wildman–Crippen LogP) is 3.82. The molecule has 0 bridgehead atoms. The molecule has 1 rings (SSSR count). The van der Waals surface area contributed by atoms with Gasteiger partial charge in [0.2, 0.25) is 5.91 Å². The molecular weight excluding hydrogens is 299 g/mol. The molecule has 0 aliphatic carbocycles. The fraction of sp³-hybridized carbons (Fsp3) is 0.364. The van der Waals surface area contributed by atoms with E-state index in [4.69, 9.17) is 0 Å². The van der Waals surface area contributed by atoms with Crippen molar-refractivity contribution in [2.24, 2.45) is 0 Å². The lowest BCUT2D eigenvalue weighted by Crippen LogP contribution is -2.22. The van der Waals surface area contributed by atoms with Gasteiger partial charge in [0.25, 0.3) is 0 Å². The van der Waals surface area contributed by atoms with E-state index in [-0.39, 0.29) is 10.7 Å². The molecular formula is C11H11BrF3NO. The van der Waals surface area contributed by atoms with Crippen molar-refractivity contribution < 1.29 is 18.0 Å². The van der Waals surface area contributed by atoms with Gasteiger partial charge in [0.15, 0.2) is 0 Å². The Hall–Kier alpha value is -1.04. The first kappa shape index (κ1) is 14.0. The Bertz CT molecular complexity index is 389. The SMILES string of the molecule is CCC(Br)C(=O)Nc1ccc(C(F)(F)F)cc1. The monoisotopic (exact) mass is 309 g/mol. The molecule has 0 saturated carbocycles. The van der Waals surface area contributed by atoms with Crippen LogP contribution < -0.4 is 5.32 Å². The molecule has 1 aromatic rings. The number of amides is 1. The maximum atomic E-state index is 12.3. The summed E-state index contributed by atoms with van der Waals surface area (Å²) in [5.74, 6) is -0.271. The molecule has 1 aromatic carbocycles. The maximum absolute atomic E-state index is 12.3. The number of halogens is 4. The second-order valence-electron chi connectivity index (χ2n) is 3.44. The van der Waals surface area contributed by atoms with Crippen molar-refractivity contribution in [2.75, 3.05) is 5.32 Å². The van der Waals surface area contributed by atoms with Crippen molar-refractivity contribution in [1.29, 1.82) is 0 Å². The highest BCUT2D eigenvalue weighted by Gasteiger charge is 2.30. The molecule has 0 saturated heterocycles. The van der Waals surface area contributed by atoms with Crippen LogP contribution in [-0.4, -0.2) is 10.7 Å². The summed E-state index contributed by atoms with van der Waals surface area (Å²) in [6.45, 7) is 1.83. The smallest absolute Gasteiger partial charge is 0.325 e. The van der Waals surface area contributed by atoms with Crippen LogP contribution in [0.2, 0.25) is 0 Å². The van der Waals surface area contributed by atoms with Crippen LogP contribution in [-0.2, 0) is 11.0 Å². The predicted molar refractivity (Wildman–Crippen MR) is 63.1 cm³/mol.